The molecule has 0 radical (unpaired) electrons. The van der Waals surface area contributed by atoms with Gasteiger partial charge in [-0.05, 0) is 67.6 Å². The second-order valence-corrected chi connectivity index (χ2v) is 7.13. The van der Waals surface area contributed by atoms with Gasteiger partial charge in [-0.1, -0.05) is 22.0 Å². The van der Waals surface area contributed by atoms with Crippen molar-refractivity contribution >= 4 is 21.8 Å². The van der Waals surface area contributed by atoms with E-state index < -0.39 is 0 Å². The zero-order valence-corrected chi connectivity index (χ0v) is 18.0. The number of halogens is 1. The number of rotatable bonds is 8. The van der Waals surface area contributed by atoms with Crippen molar-refractivity contribution in [2.45, 2.75) is 27.2 Å². The number of nitrogens with one attached hydrogen (secondary N) is 1. The third-order valence-corrected chi connectivity index (χ3v) is 5.72. The number of ether oxygens (including phenoxy) is 3. The van der Waals surface area contributed by atoms with Gasteiger partial charge in [-0.2, -0.15) is 0 Å². The monoisotopic (exact) mass is 435 g/mol. The van der Waals surface area contributed by atoms with Gasteiger partial charge in [-0.25, -0.2) is 0 Å². The van der Waals surface area contributed by atoms with Crippen molar-refractivity contribution < 1.29 is 19.0 Å². The van der Waals surface area contributed by atoms with Crippen LogP contribution in [-0.4, -0.2) is 33.3 Å². The van der Waals surface area contributed by atoms with E-state index in [1.54, 1.807) is 14.2 Å². The Hall–Kier alpha value is -2.21. The normalized spacial score (nSPS) is 10.4. The van der Waals surface area contributed by atoms with E-state index in [9.17, 15) is 4.79 Å². The fraction of sp³-hybridized carbons (Fsp3) is 0.381. The van der Waals surface area contributed by atoms with Crippen molar-refractivity contribution in [1.82, 2.24) is 5.32 Å². The topological polar surface area (TPSA) is 56.8 Å². The molecule has 0 spiro atoms. The third-order valence-electron chi connectivity index (χ3n) is 4.50. The van der Waals surface area contributed by atoms with Gasteiger partial charge in [0.25, 0.3) is 5.91 Å². The van der Waals surface area contributed by atoms with Crippen molar-refractivity contribution in [3.63, 3.8) is 0 Å². The first-order chi connectivity index (χ1) is 12.9. The lowest BCUT2D eigenvalue weighted by Crippen LogP contribution is -2.30. The van der Waals surface area contributed by atoms with E-state index in [1.807, 2.05) is 45.0 Å². The molecule has 0 saturated carbocycles. The zero-order valence-electron chi connectivity index (χ0n) is 16.4. The molecule has 0 bridgehead atoms. The van der Waals surface area contributed by atoms with Gasteiger partial charge in [0.05, 0.1) is 14.2 Å². The van der Waals surface area contributed by atoms with Crippen LogP contribution in [0.4, 0.5) is 0 Å². The number of carbonyl (C=O) groups excluding carboxylic acids is 1. The Morgan fingerprint density at radius 2 is 1.70 bits per heavy atom. The number of hydrogen-bond donors (Lipinski definition) is 1. The molecule has 27 heavy (non-hydrogen) atoms. The van der Waals surface area contributed by atoms with Gasteiger partial charge in [-0.3, -0.25) is 4.79 Å². The van der Waals surface area contributed by atoms with Crippen LogP contribution in [-0.2, 0) is 11.2 Å². The van der Waals surface area contributed by atoms with Gasteiger partial charge in [0.15, 0.2) is 18.1 Å². The highest BCUT2D eigenvalue weighted by molar-refractivity contribution is 9.10. The van der Waals surface area contributed by atoms with Crippen LogP contribution in [0.1, 0.15) is 22.3 Å². The summed E-state index contributed by atoms with van der Waals surface area (Å²) in [5, 5.41) is 2.88. The number of methoxy groups -OCH3 is 2. The molecule has 0 atom stereocenters. The van der Waals surface area contributed by atoms with Crippen LogP contribution < -0.4 is 19.5 Å². The number of aryl methyl sites for hydroxylation is 1. The molecule has 0 heterocycles. The molecule has 0 unspecified atom stereocenters. The Morgan fingerprint density at radius 1 is 1.00 bits per heavy atom. The summed E-state index contributed by atoms with van der Waals surface area (Å²) in [7, 11) is 3.21. The summed E-state index contributed by atoms with van der Waals surface area (Å²) < 4.78 is 17.3. The van der Waals surface area contributed by atoms with Crippen molar-refractivity contribution in [2.24, 2.45) is 0 Å². The summed E-state index contributed by atoms with van der Waals surface area (Å²) in [5.41, 5.74) is 4.30. The number of benzene rings is 2. The molecule has 146 valence electrons. The van der Waals surface area contributed by atoms with E-state index >= 15 is 0 Å². The minimum absolute atomic E-state index is 0.00666. The first-order valence-corrected chi connectivity index (χ1v) is 9.53. The lowest BCUT2D eigenvalue weighted by Gasteiger charge is -2.14. The van der Waals surface area contributed by atoms with E-state index in [1.165, 1.54) is 0 Å². The van der Waals surface area contributed by atoms with Crippen LogP contribution in [0.2, 0.25) is 0 Å². The van der Waals surface area contributed by atoms with E-state index in [-0.39, 0.29) is 12.5 Å². The largest absolute Gasteiger partial charge is 0.493 e. The molecule has 0 aliphatic heterocycles. The standard InChI is InChI=1S/C21H26BrNO4/c1-13-10-18(14(2)15(3)21(13)22)27-12-20(24)23-9-8-16-6-7-17(25-4)19(11-16)26-5/h6-7,10-11H,8-9,12H2,1-5H3,(H,23,24). The summed E-state index contributed by atoms with van der Waals surface area (Å²) in [5.74, 6) is 1.96. The molecule has 1 N–H and O–H groups in total. The summed E-state index contributed by atoms with van der Waals surface area (Å²) in [6.45, 7) is 6.54. The zero-order chi connectivity index (χ0) is 20.0. The fourth-order valence-electron chi connectivity index (χ4n) is 2.74. The van der Waals surface area contributed by atoms with Gasteiger partial charge in [0, 0.05) is 11.0 Å². The highest BCUT2D eigenvalue weighted by Crippen LogP contribution is 2.31. The fourth-order valence-corrected chi connectivity index (χ4v) is 3.15. The minimum atomic E-state index is -0.145. The molecule has 5 nitrogen and oxygen atoms in total. The Balaban J connectivity index is 1.85. The summed E-state index contributed by atoms with van der Waals surface area (Å²) >= 11 is 3.57. The van der Waals surface area contributed by atoms with Crippen molar-refractivity contribution in [2.75, 3.05) is 27.4 Å². The Bertz CT molecular complexity index is 820. The summed E-state index contributed by atoms with van der Waals surface area (Å²) in [6.07, 6.45) is 0.696. The predicted molar refractivity (Wildman–Crippen MR) is 110 cm³/mol. The average molecular weight is 436 g/mol. The van der Waals surface area contributed by atoms with Crippen LogP contribution in [0, 0.1) is 20.8 Å². The van der Waals surface area contributed by atoms with Gasteiger partial charge in [0.1, 0.15) is 5.75 Å². The van der Waals surface area contributed by atoms with Crippen LogP contribution in [0.5, 0.6) is 17.2 Å². The SMILES string of the molecule is COc1ccc(CCNC(=O)COc2cc(C)c(Br)c(C)c2C)cc1OC. The lowest BCUT2D eigenvalue weighted by molar-refractivity contribution is -0.123. The van der Waals surface area contributed by atoms with Gasteiger partial charge in [-0.15, -0.1) is 0 Å². The highest BCUT2D eigenvalue weighted by Gasteiger charge is 2.11. The van der Waals surface area contributed by atoms with Gasteiger partial charge < -0.3 is 19.5 Å². The quantitative estimate of drug-likeness (QED) is 0.676. The van der Waals surface area contributed by atoms with Crippen molar-refractivity contribution in [3.8, 4) is 17.2 Å². The number of carbonyl (C=O) groups is 1. The van der Waals surface area contributed by atoms with Gasteiger partial charge >= 0.3 is 0 Å². The molecule has 1 amide bonds. The molecule has 2 aromatic rings. The van der Waals surface area contributed by atoms with Crippen LogP contribution in [0.3, 0.4) is 0 Å². The molecule has 2 rings (SSSR count). The molecule has 0 aliphatic rings. The Kier molecular flexibility index (Phi) is 7.54. The average Bonchev–Trinajstić information content (AvgIpc) is 2.67. The molecule has 0 saturated heterocycles. The summed E-state index contributed by atoms with van der Waals surface area (Å²) in [4.78, 5) is 12.1. The van der Waals surface area contributed by atoms with Crippen LogP contribution in [0.15, 0.2) is 28.7 Å². The molecule has 2 aromatic carbocycles. The smallest absolute Gasteiger partial charge is 0.257 e. The van der Waals surface area contributed by atoms with E-state index in [2.05, 4.69) is 21.2 Å². The first-order valence-electron chi connectivity index (χ1n) is 8.74. The van der Waals surface area contributed by atoms with Crippen LogP contribution in [0.25, 0.3) is 0 Å². The van der Waals surface area contributed by atoms with E-state index in [4.69, 9.17) is 14.2 Å². The Morgan fingerprint density at radius 3 is 2.37 bits per heavy atom. The second-order valence-electron chi connectivity index (χ2n) is 6.33. The molecular weight excluding hydrogens is 410 g/mol. The maximum atomic E-state index is 12.1. The van der Waals surface area contributed by atoms with Gasteiger partial charge in [0.2, 0.25) is 0 Å². The van der Waals surface area contributed by atoms with Crippen LogP contribution >= 0.6 is 15.9 Å². The van der Waals surface area contributed by atoms with E-state index in [0.717, 1.165) is 32.5 Å². The van der Waals surface area contributed by atoms with Crippen molar-refractivity contribution in [1.29, 1.82) is 0 Å². The summed E-state index contributed by atoms with van der Waals surface area (Å²) in [6, 6.07) is 7.68. The second kappa shape index (κ2) is 9.65. The van der Waals surface area contributed by atoms with E-state index in [0.29, 0.717) is 24.5 Å². The minimum Gasteiger partial charge on any atom is -0.493 e. The lowest BCUT2D eigenvalue weighted by atomic mass is 10.1. The molecule has 0 fully saturated rings. The molecule has 0 aliphatic carbocycles. The number of hydrogen-bond acceptors (Lipinski definition) is 4. The first kappa shape index (κ1) is 21.1. The predicted octanol–water partition coefficient (Wildman–Crippen LogP) is 4.13. The third kappa shape index (κ3) is 5.39. The molecular formula is C21H26BrNO4. The maximum absolute atomic E-state index is 12.1. The maximum Gasteiger partial charge on any atom is 0.257 e. The number of amides is 1. The molecule has 0 aromatic heterocycles. The highest BCUT2D eigenvalue weighted by atomic mass is 79.9. The molecule has 6 heteroatoms. The Labute approximate surface area is 169 Å². The van der Waals surface area contributed by atoms with Crippen molar-refractivity contribution in [3.05, 3.63) is 51.0 Å².